The molecule has 0 radical (unpaired) electrons. The quantitative estimate of drug-likeness (QED) is 0.785. The second kappa shape index (κ2) is 5.20. The summed E-state index contributed by atoms with van der Waals surface area (Å²) in [5, 5.41) is 11.9. The van der Waals surface area contributed by atoms with Gasteiger partial charge in [-0.3, -0.25) is 0 Å². The van der Waals surface area contributed by atoms with Crippen LogP contribution in [0.3, 0.4) is 0 Å². The lowest BCUT2D eigenvalue weighted by atomic mass is 10.2. The number of benzene rings is 1. The Balaban J connectivity index is 1.75. The van der Waals surface area contributed by atoms with Crippen LogP contribution in [0.2, 0.25) is 0 Å². The Morgan fingerprint density at radius 2 is 2.10 bits per heavy atom. The Hall–Kier alpha value is -2.96. The zero-order valence-corrected chi connectivity index (χ0v) is 11.0. The summed E-state index contributed by atoms with van der Waals surface area (Å²) in [5.41, 5.74) is 7.06. The predicted octanol–water partition coefficient (Wildman–Crippen LogP) is 1.70. The van der Waals surface area contributed by atoms with Gasteiger partial charge in [0.15, 0.2) is 17.2 Å². The average molecular weight is 287 g/mol. The number of nitrogens with two attached hydrogens (primary N) is 1. The van der Waals surface area contributed by atoms with Crippen molar-refractivity contribution in [1.29, 1.82) is 0 Å². The Bertz CT molecular complexity index is 703. The van der Waals surface area contributed by atoms with Gasteiger partial charge in [0, 0.05) is 6.54 Å². The first kappa shape index (κ1) is 13.0. The molecule has 0 aliphatic carbocycles. The highest BCUT2D eigenvalue weighted by atomic mass is 16.7. The number of aromatic nitrogens is 1. The number of carboxylic acid groups (broad SMARTS) is 1. The third-order valence-corrected chi connectivity index (χ3v) is 3.04. The lowest BCUT2D eigenvalue weighted by Gasteiger charge is -2.09. The van der Waals surface area contributed by atoms with Crippen molar-refractivity contribution in [3.05, 3.63) is 41.6 Å². The molecule has 2 aromatic rings. The van der Waals surface area contributed by atoms with Crippen LogP contribution in [0, 0.1) is 0 Å². The number of nitrogen functional groups attached to an aromatic ring is 1. The minimum absolute atomic E-state index is 0.0580. The molecule has 0 amide bonds. The average Bonchev–Trinajstić information content (AvgIpc) is 2.93. The third kappa shape index (κ3) is 2.66. The van der Waals surface area contributed by atoms with Crippen LogP contribution >= 0.6 is 0 Å². The summed E-state index contributed by atoms with van der Waals surface area (Å²) in [6, 6.07) is 8.44. The number of aromatic carboxylic acids is 1. The molecule has 0 spiro atoms. The Labute approximate surface area is 120 Å². The van der Waals surface area contributed by atoms with Gasteiger partial charge in [-0.2, -0.15) is 0 Å². The zero-order chi connectivity index (χ0) is 14.8. The molecule has 2 heterocycles. The van der Waals surface area contributed by atoms with E-state index in [1.54, 1.807) is 0 Å². The monoisotopic (exact) mass is 287 g/mol. The van der Waals surface area contributed by atoms with E-state index in [4.69, 9.17) is 20.3 Å². The summed E-state index contributed by atoms with van der Waals surface area (Å²) >= 11 is 0. The van der Waals surface area contributed by atoms with Gasteiger partial charge in [-0.05, 0) is 29.8 Å². The lowest BCUT2D eigenvalue weighted by Crippen LogP contribution is -2.08. The number of anilines is 2. The van der Waals surface area contributed by atoms with Gasteiger partial charge in [0.25, 0.3) is 0 Å². The molecule has 0 saturated heterocycles. The normalized spacial score (nSPS) is 12.2. The maximum absolute atomic E-state index is 10.9. The summed E-state index contributed by atoms with van der Waals surface area (Å²) in [5.74, 6) is 0.646. The van der Waals surface area contributed by atoms with Crippen molar-refractivity contribution >= 4 is 17.5 Å². The molecule has 0 bridgehead atoms. The van der Waals surface area contributed by atoms with Crippen LogP contribution in [0.25, 0.3) is 0 Å². The van der Waals surface area contributed by atoms with Gasteiger partial charge >= 0.3 is 5.97 Å². The number of nitrogens with one attached hydrogen (secondary N) is 1. The number of hydrogen-bond acceptors (Lipinski definition) is 6. The van der Waals surface area contributed by atoms with Gasteiger partial charge in [-0.15, -0.1) is 0 Å². The van der Waals surface area contributed by atoms with Crippen LogP contribution in [0.4, 0.5) is 11.5 Å². The molecule has 0 unspecified atom stereocenters. The fraction of sp³-hybridized carbons (Fsp3) is 0.143. The summed E-state index contributed by atoms with van der Waals surface area (Å²) in [4.78, 5) is 14.9. The van der Waals surface area contributed by atoms with Crippen molar-refractivity contribution in [1.82, 2.24) is 4.98 Å². The highest BCUT2D eigenvalue weighted by Gasteiger charge is 2.13. The number of fused-ring (bicyclic) bond motifs is 1. The smallest absolute Gasteiger partial charge is 0.354 e. The van der Waals surface area contributed by atoms with E-state index in [0.717, 1.165) is 5.56 Å². The van der Waals surface area contributed by atoms with Crippen LogP contribution < -0.4 is 20.5 Å². The third-order valence-electron chi connectivity index (χ3n) is 3.04. The Morgan fingerprint density at radius 3 is 2.90 bits per heavy atom. The number of hydrogen-bond donors (Lipinski definition) is 3. The molecule has 7 nitrogen and oxygen atoms in total. The maximum Gasteiger partial charge on any atom is 0.354 e. The molecule has 1 aliphatic rings. The number of carbonyl (C=O) groups is 1. The van der Waals surface area contributed by atoms with Gasteiger partial charge in [0.2, 0.25) is 6.79 Å². The molecular weight excluding hydrogens is 274 g/mol. The largest absolute Gasteiger partial charge is 0.477 e. The fourth-order valence-electron chi connectivity index (χ4n) is 1.97. The fourth-order valence-corrected chi connectivity index (χ4v) is 1.97. The van der Waals surface area contributed by atoms with Crippen LogP contribution in [0.15, 0.2) is 30.3 Å². The van der Waals surface area contributed by atoms with Crippen molar-refractivity contribution in [3.8, 4) is 11.5 Å². The van der Waals surface area contributed by atoms with E-state index in [0.29, 0.717) is 29.5 Å². The molecule has 0 fully saturated rings. The highest BCUT2D eigenvalue weighted by molar-refractivity contribution is 5.86. The number of ether oxygens (including phenoxy) is 2. The summed E-state index contributed by atoms with van der Waals surface area (Å²) in [6.07, 6.45) is 0. The van der Waals surface area contributed by atoms with Gasteiger partial charge < -0.3 is 25.6 Å². The summed E-state index contributed by atoms with van der Waals surface area (Å²) in [7, 11) is 0. The van der Waals surface area contributed by atoms with Crippen LogP contribution in [0.1, 0.15) is 16.1 Å². The molecule has 1 aliphatic heterocycles. The molecule has 1 aromatic heterocycles. The predicted molar refractivity (Wildman–Crippen MR) is 75.5 cm³/mol. The van der Waals surface area contributed by atoms with Crippen LogP contribution in [-0.4, -0.2) is 22.9 Å². The number of pyridine rings is 1. The van der Waals surface area contributed by atoms with E-state index in [-0.39, 0.29) is 12.5 Å². The van der Waals surface area contributed by atoms with Crippen molar-refractivity contribution in [2.75, 3.05) is 17.8 Å². The van der Waals surface area contributed by atoms with Gasteiger partial charge in [-0.25, -0.2) is 9.78 Å². The molecule has 0 saturated carbocycles. The molecule has 1 aromatic carbocycles. The molecule has 108 valence electrons. The standard InChI is InChI=1S/C14H13N3O4/c15-9-2-3-10(14(18)19)17-13(9)16-6-8-1-4-11-12(5-8)21-7-20-11/h1-5H,6-7,15H2,(H,16,17)(H,18,19). The van der Waals surface area contributed by atoms with Gasteiger partial charge in [0.1, 0.15) is 5.82 Å². The second-order valence-electron chi connectivity index (χ2n) is 4.48. The van der Waals surface area contributed by atoms with E-state index in [9.17, 15) is 4.79 Å². The molecule has 4 N–H and O–H groups in total. The maximum atomic E-state index is 10.9. The first-order valence-electron chi connectivity index (χ1n) is 6.26. The summed E-state index contributed by atoms with van der Waals surface area (Å²) in [6.45, 7) is 0.665. The van der Waals surface area contributed by atoms with Crippen molar-refractivity contribution < 1.29 is 19.4 Å². The topological polar surface area (TPSA) is 107 Å². The zero-order valence-electron chi connectivity index (χ0n) is 11.0. The molecule has 7 heteroatoms. The Morgan fingerprint density at radius 1 is 1.29 bits per heavy atom. The first-order chi connectivity index (χ1) is 10.1. The first-order valence-corrected chi connectivity index (χ1v) is 6.26. The van der Waals surface area contributed by atoms with Crippen molar-refractivity contribution in [3.63, 3.8) is 0 Å². The second-order valence-corrected chi connectivity index (χ2v) is 4.48. The van der Waals surface area contributed by atoms with Crippen LogP contribution in [-0.2, 0) is 6.54 Å². The highest BCUT2D eigenvalue weighted by Crippen LogP contribution is 2.32. The minimum Gasteiger partial charge on any atom is -0.477 e. The van der Waals surface area contributed by atoms with Gasteiger partial charge in [0.05, 0.1) is 5.69 Å². The van der Waals surface area contributed by atoms with Crippen LogP contribution in [0.5, 0.6) is 11.5 Å². The lowest BCUT2D eigenvalue weighted by molar-refractivity contribution is 0.0690. The molecule has 3 rings (SSSR count). The van der Waals surface area contributed by atoms with Crippen molar-refractivity contribution in [2.24, 2.45) is 0 Å². The van der Waals surface area contributed by atoms with E-state index < -0.39 is 5.97 Å². The minimum atomic E-state index is -1.10. The van der Waals surface area contributed by atoms with Gasteiger partial charge in [-0.1, -0.05) is 6.07 Å². The van der Waals surface area contributed by atoms with E-state index in [1.165, 1.54) is 12.1 Å². The molecular formula is C14H13N3O4. The SMILES string of the molecule is Nc1ccc(C(=O)O)nc1NCc1ccc2c(c1)OCO2. The van der Waals surface area contributed by atoms with E-state index >= 15 is 0 Å². The summed E-state index contributed by atoms with van der Waals surface area (Å²) < 4.78 is 10.5. The van der Waals surface area contributed by atoms with E-state index in [1.807, 2.05) is 18.2 Å². The number of nitrogens with zero attached hydrogens (tertiary/aromatic N) is 1. The Kier molecular flexibility index (Phi) is 3.23. The van der Waals surface area contributed by atoms with E-state index in [2.05, 4.69) is 10.3 Å². The number of rotatable bonds is 4. The number of carboxylic acids is 1. The molecule has 0 atom stereocenters. The van der Waals surface area contributed by atoms with Crippen molar-refractivity contribution in [2.45, 2.75) is 6.54 Å². The molecule has 21 heavy (non-hydrogen) atoms.